The van der Waals surface area contributed by atoms with E-state index in [-0.39, 0.29) is 5.78 Å². The van der Waals surface area contributed by atoms with Crippen LogP contribution in [0.2, 0.25) is 0 Å². The summed E-state index contributed by atoms with van der Waals surface area (Å²) in [5, 5.41) is 0. The highest BCUT2D eigenvalue weighted by atomic mass is 16.5. The number of aryl methyl sites for hydroxylation is 1. The number of rotatable bonds is 5. The number of nitrogens with zero attached hydrogens (tertiary/aromatic N) is 1. The predicted molar refractivity (Wildman–Crippen MR) is 90.8 cm³/mol. The lowest BCUT2D eigenvalue weighted by atomic mass is 10.00. The number of carbonyl (C=O) groups excluding carboxylic acids is 2. The fraction of sp³-hybridized carbons (Fsp3) is 0.100. The monoisotopic (exact) mass is 319 g/mol. The molecule has 1 heterocycles. The number of ketones is 1. The van der Waals surface area contributed by atoms with Gasteiger partial charge in [0.2, 0.25) is 5.78 Å². The zero-order valence-electron chi connectivity index (χ0n) is 13.3. The second-order valence-corrected chi connectivity index (χ2v) is 5.43. The third-order valence-corrected chi connectivity index (χ3v) is 3.78. The molecular formula is C20H17NO3. The second-order valence-electron chi connectivity index (χ2n) is 5.43. The van der Waals surface area contributed by atoms with Crippen molar-refractivity contribution >= 4 is 11.8 Å². The van der Waals surface area contributed by atoms with E-state index in [2.05, 4.69) is 0 Å². The second kappa shape index (κ2) is 6.96. The summed E-state index contributed by atoms with van der Waals surface area (Å²) in [7, 11) is 1.76. The molecule has 0 saturated heterocycles. The molecule has 0 aliphatic heterocycles. The zero-order valence-corrected chi connectivity index (χ0v) is 13.3. The van der Waals surface area contributed by atoms with Crippen LogP contribution in [0, 0.1) is 0 Å². The van der Waals surface area contributed by atoms with Crippen molar-refractivity contribution in [1.29, 1.82) is 0 Å². The Morgan fingerprint density at radius 2 is 1.50 bits per heavy atom. The van der Waals surface area contributed by atoms with Crippen molar-refractivity contribution in [3.63, 3.8) is 0 Å². The molecule has 0 amide bonds. The van der Waals surface area contributed by atoms with Gasteiger partial charge in [0, 0.05) is 24.4 Å². The van der Waals surface area contributed by atoms with Crippen molar-refractivity contribution in [2.24, 2.45) is 7.05 Å². The smallest absolute Gasteiger partial charge is 0.356 e. The molecule has 0 unspecified atom stereocenters. The van der Waals surface area contributed by atoms with Crippen LogP contribution in [0.1, 0.15) is 32.5 Å². The van der Waals surface area contributed by atoms with Gasteiger partial charge in [0.25, 0.3) is 0 Å². The van der Waals surface area contributed by atoms with Crippen LogP contribution in [0.15, 0.2) is 79.0 Å². The van der Waals surface area contributed by atoms with Gasteiger partial charge in [0.05, 0.1) is 0 Å². The van der Waals surface area contributed by atoms with Gasteiger partial charge in [-0.15, -0.1) is 0 Å². The molecule has 0 spiro atoms. The van der Waals surface area contributed by atoms with Gasteiger partial charge >= 0.3 is 5.97 Å². The zero-order chi connectivity index (χ0) is 16.9. The third-order valence-electron chi connectivity index (χ3n) is 3.78. The van der Waals surface area contributed by atoms with Crippen LogP contribution in [0.4, 0.5) is 0 Å². The third kappa shape index (κ3) is 3.27. The summed E-state index contributed by atoms with van der Waals surface area (Å²) in [6.45, 7) is 0. The molecule has 24 heavy (non-hydrogen) atoms. The normalized spacial score (nSPS) is 11.7. The molecule has 120 valence electrons. The number of carbonyl (C=O) groups is 2. The number of hydrogen-bond acceptors (Lipinski definition) is 3. The highest BCUT2D eigenvalue weighted by Crippen LogP contribution is 2.24. The molecule has 3 rings (SSSR count). The highest BCUT2D eigenvalue weighted by Gasteiger charge is 2.27. The van der Waals surface area contributed by atoms with Crippen LogP contribution < -0.4 is 0 Å². The molecule has 0 bridgehead atoms. The Morgan fingerprint density at radius 1 is 0.875 bits per heavy atom. The highest BCUT2D eigenvalue weighted by molar-refractivity contribution is 6.02. The molecule has 4 heteroatoms. The molecule has 3 aromatic rings. The standard InChI is InChI=1S/C20H17NO3/c1-21-14-8-13-17(21)20(23)24-19(16-11-6-3-7-12-16)18(22)15-9-4-2-5-10-15/h2-14,19H,1H3/t19-/m1/s1. The van der Waals surface area contributed by atoms with Crippen molar-refractivity contribution in [2.45, 2.75) is 6.10 Å². The van der Waals surface area contributed by atoms with E-state index in [0.717, 1.165) is 0 Å². The van der Waals surface area contributed by atoms with E-state index >= 15 is 0 Å². The van der Waals surface area contributed by atoms with Crippen molar-refractivity contribution in [3.05, 3.63) is 95.8 Å². The number of Topliss-reactive ketones (excluding diaryl/α,β-unsaturated/α-hetero) is 1. The summed E-state index contributed by atoms with van der Waals surface area (Å²) in [6.07, 6.45) is 0.781. The maximum absolute atomic E-state index is 12.9. The van der Waals surface area contributed by atoms with Crippen LogP contribution >= 0.6 is 0 Å². The van der Waals surface area contributed by atoms with Gasteiger partial charge in [-0.05, 0) is 12.1 Å². The summed E-state index contributed by atoms with van der Waals surface area (Å²) in [5.74, 6) is -0.773. The Bertz CT molecular complexity index is 838. The Labute approximate surface area is 140 Å². The Morgan fingerprint density at radius 3 is 2.08 bits per heavy atom. The molecule has 0 radical (unpaired) electrons. The average Bonchev–Trinajstić information content (AvgIpc) is 3.06. The quantitative estimate of drug-likeness (QED) is 0.531. The maximum atomic E-state index is 12.9. The minimum absolute atomic E-state index is 0.246. The summed E-state index contributed by atoms with van der Waals surface area (Å²) in [6, 6.07) is 21.3. The molecule has 4 nitrogen and oxygen atoms in total. The van der Waals surface area contributed by atoms with Crippen molar-refractivity contribution in [2.75, 3.05) is 0 Å². The molecule has 0 saturated carbocycles. The summed E-state index contributed by atoms with van der Waals surface area (Å²) in [5.41, 5.74) is 1.55. The fourth-order valence-electron chi connectivity index (χ4n) is 2.50. The minimum Gasteiger partial charge on any atom is -0.444 e. The van der Waals surface area contributed by atoms with Crippen molar-refractivity contribution in [3.8, 4) is 0 Å². The van der Waals surface area contributed by atoms with E-state index in [4.69, 9.17) is 4.74 Å². The lowest BCUT2D eigenvalue weighted by molar-refractivity contribution is 0.0271. The van der Waals surface area contributed by atoms with Gasteiger partial charge in [-0.3, -0.25) is 4.79 Å². The first kappa shape index (κ1) is 15.7. The Kier molecular flexibility index (Phi) is 4.57. The summed E-state index contributed by atoms with van der Waals surface area (Å²) < 4.78 is 7.23. The molecule has 0 fully saturated rings. The molecule has 0 N–H and O–H groups in total. The van der Waals surface area contributed by atoms with Gasteiger partial charge in [-0.2, -0.15) is 0 Å². The molecule has 0 aliphatic rings. The SMILES string of the molecule is Cn1cccc1C(=O)O[C@@H](C(=O)c1ccccc1)c1ccccc1. The molecule has 2 aromatic carbocycles. The Hall–Kier alpha value is -3.14. The number of benzene rings is 2. The van der Waals surface area contributed by atoms with Gasteiger partial charge < -0.3 is 9.30 Å². The van der Waals surface area contributed by atoms with E-state index in [1.165, 1.54) is 0 Å². The van der Waals surface area contributed by atoms with Gasteiger partial charge in [-0.25, -0.2) is 4.79 Å². The maximum Gasteiger partial charge on any atom is 0.356 e. The first-order chi connectivity index (χ1) is 11.7. The molecule has 0 aliphatic carbocycles. The molecular weight excluding hydrogens is 302 g/mol. The van der Waals surface area contributed by atoms with Crippen LogP contribution in [0.25, 0.3) is 0 Å². The average molecular weight is 319 g/mol. The van der Waals surface area contributed by atoms with E-state index in [9.17, 15) is 9.59 Å². The number of aromatic nitrogens is 1. The number of ether oxygens (including phenoxy) is 1. The van der Waals surface area contributed by atoms with E-state index in [0.29, 0.717) is 16.8 Å². The largest absolute Gasteiger partial charge is 0.444 e. The topological polar surface area (TPSA) is 48.3 Å². The Balaban J connectivity index is 1.93. The summed E-state index contributed by atoms with van der Waals surface area (Å²) in [4.78, 5) is 25.3. The van der Waals surface area contributed by atoms with Crippen LogP contribution in [0.5, 0.6) is 0 Å². The van der Waals surface area contributed by atoms with Gasteiger partial charge in [0.1, 0.15) is 5.69 Å². The van der Waals surface area contributed by atoms with E-state index in [1.807, 2.05) is 24.3 Å². The first-order valence-corrected chi connectivity index (χ1v) is 7.63. The van der Waals surface area contributed by atoms with Crippen LogP contribution in [0.3, 0.4) is 0 Å². The predicted octanol–water partition coefficient (Wildman–Crippen LogP) is 3.81. The van der Waals surface area contributed by atoms with Crippen LogP contribution in [-0.4, -0.2) is 16.3 Å². The van der Waals surface area contributed by atoms with Crippen molar-refractivity contribution in [1.82, 2.24) is 4.57 Å². The van der Waals surface area contributed by atoms with Gasteiger partial charge in [0.15, 0.2) is 6.10 Å². The molecule has 1 aromatic heterocycles. The fourth-order valence-corrected chi connectivity index (χ4v) is 2.50. The minimum atomic E-state index is -0.976. The number of esters is 1. The number of hydrogen-bond donors (Lipinski definition) is 0. The first-order valence-electron chi connectivity index (χ1n) is 7.63. The molecule has 1 atom stereocenters. The van der Waals surface area contributed by atoms with Crippen LogP contribution in [-0.2, 0) is 11.8 Å². The summed E-state index contributed by atoms with van der Waals surface area (Å²) >= 11 is 0. The van der Waals surface area contributed by atoms with Gasteiger partial charge in [-0.1, -0.05) is 60.7 Å². The lowest BCUT2D eigenvalue weighted by Crippen LogP contribution is -2.21. The van der Waals surface area contributed by atoms with Crippen molar-refractivity contribution < 1.29 is 14.3 Å². The van der Waals surface area contributed by atoms with E-state index in [1.54, 1.807) is 66.3 Å². The van der Waals surface area contributed by atoms with E-state index < -0.39 is 12.1 Å². The lowest BCUT2D eigenvalue weighted by Gasteiger charge is -2.17.